The highest BCUT2D eigenvalue weighted by atomic mass is 36.0. The Balaban J connectivity index is 0.000000541. The van der Waals surface area contributed by atoms with Crippen LogP contribution in [0, 0.1) is 0 Å². The topological polar surface area (TPSA) is 49.9 Å². The van der Waals surface area contributed by atoms with E-state index in [0.717, 1.165) is 26.2 Å². The van der Waals surface area contributed by atoms with Crippen molar-refractivity contribution < 1.29 is 13.7 Å². The minimum atomic E-state index is -1.67. The lowest BCUT2D eigenvalue weighted by Crippen LogP contribution is -2.47. The van der Waals surface area contributed by atoms with Gasteiger partial charge in [-0.2, -0.15) is 0 Å². The first-order chi connectivity index (χ1) is 10.3. The predicted octanol–water partition coefficient (Wildman–Crippen LogP) is 2.78. The van der Waals surface area contributed by atoms with E-state index in [4.69, 9.17) is 20.5 Å². The first-order valence-electron chi connectivity index (χ1n) is 6.40. The molecule has 5 nitrogen and oxygen atoms in total. The number of nitrogens with zero attached hydrogens (tertiary/aromatic N) is 2. The first kappa shape index (κ1) is 19.5. The average Bonchev–Trinajstić information content (AvgIpc) is 2.46. The van der Waals surface area contributed by atoms with Gasteiger partial charge in [-0.15, -0.1) is 0 Å². The van der Waals surface area contributed by atoms with Gasteiger partial charge < -0.3 is 14.5 Å². The molecule has 0 spiro atoms. The van der Waals surface area contributed by atoms with Crippen molar-refractivity contribution in [3.8, 4) is 5.75 Å². The first-order valence-corrected chi connectivity index (χ1v) is 9.58. The Morgan fingerprint density at radius 1 is 1.23 bits per heavy atom. The molecule has 1 amide bonds. The van der Waals surface area contributed by atoms with E-state index in [2.05, 4.69) is 33.3 Å². The number of halogens is 3. The van der Waals surface area contributed by atoms with E-state index < -0.39 is 9.23 Å². The second-order valence-electron chi connectivity index (χ2n) is 4.62. The normalized spacial score (nSPS) is 15.3. The van der Waals surface area contributed by atoms with Crippen molar-refractivity contribution in [1.82, 2.24) is 9.80 Å². The van der Waals surface area contributed by atoms with E-state index >= 15 is 0 Å². The van der Waals surface area contributed by atoms with Gasteiger partial charge in [-0.1, -0.05) is 11.6 Å². The van der Waals surface area contributed by atoms with Crippen LogP contribution < -0.4 is 4.74 Å². The van der Waals surface area contributed by atoms with Crippen molar-refractivity contribution in [2.24, 2.45) is 0 Å². The number of piperazine rings is 1. The third-order valence-corrected chi connectivity index (χ3v) is 3.42. The van der Waals surface area contributed by atoms with Crippen LogP contribution in [0.15, 0.2) is 18.2 Å². The van der Waals surface area contributed by atoms with Crippen molar-refractivity contribution in [3.05, 3.63) is 28.8 Å². The highest BCUT2D eigenvalue weighted by Gasteiger charge is 2.22. The Bertz CT molecular complexity index is 533. The molecule has 0 N–H and O–H groups in total. The molecule has 2 rings (SSSR count). The second kappa shape index (κ2) is 9.57. The molecule has 1 heterocycles. The zero-order valence-corrected chi connectivity index (χ0v) is 15.3. The zero-order valence-electron chi connectivity index (χ0n) is 12.2. The van der Waals surface area contributed by atoms with Crippen molar-refractivity contribution in [1.29, 1.82) is 0 Å². The monoisotopic (exact) mass is 386 g/mol. The van der Waals surface area contributed by atoms with Gasteiger partial charge in [0.1, 0.15) is 5.75 Å². The van der Waals surface area contributed by atoms with Crippen molar-refractivity contribution in [3.63, 3.8) is 0 Å². The van der Waals surface area contributed by atoms with Gasteiger partial charge in [0.25, 0.3) is 5.91 Å². The molecule has 0 saturated carbocycles. The van der Waals surface area contributed by atoms with Crippen LogP contribution in [0.1, 0.15) is 10.4 Å². The van der Waals surface area contributed by atoms with E-state index in [9.17, 15) is 4.79 Å². The van der Waals surface area contributed by atoms with Gasteiger partial charge in [0.2, 0.25) is 9.23 Å². The molecule has 0 atom stereocenters. The molecule has 0 aromatic heterocycles. The lowest BCUT2D eigenvalue weighted by molar-refractivity contribution is 0.0661. The van der Waals surface area contributed by atoms with E-state index in [1.165, 1.54) is 0 Å². The highest BCUT2D eigenvalue weighted by molar-refractivity contribution is 8.26. The number of amides is 1. The number of ether oxygens (including phenoxy) is 1. The fraction of sp³-hybridized carbons (Fsp3) is 0.462. The Labute approximate surface area is 146 Å². The van der Waals surface area contributed by atoms with Crippen LogP contribution >= 0.6 is 33.0 Å². The summed E-state index contributed by atoms with van der Waals surface area (Å²) in [6.07, 6.45) is 0. The maximum Gasteiger partial charge on any atom is 0.257 e. The molecular formula is C13H17Cl3N2O3S. The van der Waals surface area contributed by atoms with Gasteiger partial charge >= 0.3 is 0 Å². The van der Waals surface area contributed by atoms with Gasteiger partial charge in [0, 0.05) is 52.6 Å². The molecule has 1 aromatic carbocycles. The molecule has 0 bridgehead atoms. The molecule has 1 aromatic rings. The minimum absolute atomic E-state index is 0.0108. The molecular weight excluding hydrogens is 371 g/mol. The number of benzene rings is 1. The predicted molar refractivity (Wildman–Crippen MR) is 91.3 cm³/mol. The molecule has 0 radical (unpaired) electrons. The van der Waals surface area contributed by atoms with Crippen LogP contribution in [-0.2, 0) is 9.23 Å². The molecule has 1 aliphatic heterocycles. The lowest BCUT2D eigenvalue weighted by Gasteiger charge is -2.32. The molecule has 0 unspecified atom stereocenters. The molecule has 124 valence electrons. The third kappa shape index (κ3) is 6.30. The Hall–Kier alpha value is -0.530. The zero-order chi connectivity index (χ0) is 16.7. The number of likely N-dealkylation sites (N-methyl/N-ethyl adjacent to an activating group) is 1. The Morgan fingerprint density at radius 3 is 2.27 bits per heavy atom. The summed E-state index contributed by atoms with van der Waals surface area (Å²) < 4.78 is 14.3. The fourth-order valence-corrected chi connectivity index (χ4v) is 2.18. The van der Waals surface area contributed by atoms with Gasteiger partial charge in [-0.3, -0.25) is 4.79 Å². The minimum Gasteiger partial charge on any atom is -0.496 e. The highest BCUT2D eigenvalue weighted by Crippen LogP contribution is 2.24. The van der Waals surface area contributed by atoms with E-state index in [1.54, 1.807) is 25.3 Å². The maximum absolute atomic E-state index is 12.4. The van der Waals surface area contributed by atoms with Gasteiger partial charge in [-0.05, 0) is 25.2 Å². The number of methoxy groups -OCH3 is 1. The average molecular weight is 388 g/mol. The van der Waals surface area contributed by atoms with Gasteiger partial charge in [-0.25, -0.2) is 4.21 Å². The molecule has 1 fully saturated rings. The van der Waals surface area contributed by atoms with Crippen molar-refractivity contribution in [2.75, 3.05) is 40.3 Å². The van der Waals surface area contributed by atoms with E-state index in [0.29, 0.717) is 16.3 Å². The summed E-state index contributed by atoms with van der Waals surface area (Å²) in [7, 11) is 11.0. The van der Waals surface area contributed by atoms with Gasteiger partial charge in [0.05, 0.1) is 12.7 Å². The number of hydrogen-bond acceptors (Lipinski definition) is 4. The fourth-order valence-electron chi connectivity index (χ4n) is 2.02. The summed E-state index contributed by atoms with van der Waals surface area (Å²) in [5.74, 6) is 0.544. The maximum atomic E-state index is 12.4. The van der Waals surface area contributed by atoms with Crippen molar-refractivity contribution in [2.45, 2.75) is 0 Å². The summed E-state index contributed by atoms with van der Waals surface area (Å²) in [6, 6.07) is 5.11. The van der Waals surface area contributed by atoms with Crippen LogP contribution in [0.2, 0.25) is 5.02 Å². The molecule has 1 aliphatic rings. The summed E-state index contributed by atoms with van der Waals surface area (Å²) in [5.41, 5.74) is 0.575. The number of carbonyl (C=O) groups is 1. The quantitative estimate of drug-likeness (QED) is 0.732. The summed E-state index contributed by atoms with van der Waals surface area (Å²) in [6.45, 7) is 3.31. The van der Waals surface area contributed by atoms with E-state index in [1.807, 2.05) is 4.90 Å². The smallest absolute Gasteiger partial charge is 0.257 e. The number of hydrogen-bond donors (Lipinski definition) is 0. The van der Waals surface area contributed by atoms with Crippen LogP contribution in [0.5, 0.6) is 5.75 Å². The third-order valence-electron chi connectivity index (χ3n) is 3.18. The lowest BCUT2D eigenvalue weighted by atomic mass is 10.1. The van der Waals surface area contributed by atoms with Crippen LogP contribution in [0.25, 0.3) is 0 Å². The van der Waals surface area contributed by atoms with Crippen LogP contribution in [0.4, 0.5) is 0 Å². The van der Waals surface area contributed by atoms with Crippen LogP contribution in [-0.4, -0.2) is 60.3 Å². The second-order valence-corrected chi connectivity index (χ2v) is 7.59. The van der Waals surface area contributed by atoms with Crippen LogP contribution in [0.3, 0.4) is 0 Å². The molecule has 1 saturated heterocycles. The summed E-state index contributed by atoms with van der Waals surface area (Å²) in [5, 5.41) is 0.571. The summed E-state index contributed by atoms with van der Waals surface area (Å²) >= 11 is 5.89. The number of rotatable bonds is 2. The molecule has 9 heteroatoms. The largest absolute Gasteiger partial charge is 0.496 e. The SMILES string of the molecule is COc1cc(Cl)ccc1C(=O)N1CCN(C)CC1.O=S(Cl)Cl. The Morgan fingerprint density at radius 2 is 1.77 bits per heavy atom. The van der Waals surface area contributed by atoms with Crippen molar-refractivity contribution >= 4 is 48.1 Å². The molecule has 22 heavy (non-hydrogen) atoms. The van der Waals surface area contributed by atoms with E-state index in [-0.39, 0.29) is 5.91 Å². The molecule has 0 aliphatic carbocycles. The standard InChI is InChI=1S/C13H17ClN2O2.Cl2OS/c1-15-5-7-16(8-6-15)13(17)11-4-3-10(14)9-12(11)18-2;1-4(2)3/h3-4,9H,5-8H2,1-2H3;. The Kier molecular flexibility index (Phi) is 8.49. The number of carbonyl (C=O) groups excluding carboxylic acids is 1. The van der Waals surface area contributed by atoms with Gasteiger partial charge in [0.15, 0.2) is 0 Å². The summed E-state index contributed by atoms with van der Waals surface area (Å²) in [4.78, 5) is 16.4.